The summed E-state index contributed by atoms with van der Waals surface area (Å²) in [6.45, 7) is 5.35. The molecule has 1 aliphatic rings. The van der Waals surface area contributed by atoms with E-state index in [0.717, 1.165) is 35.1 Å². The molecule has 1 aromatic carbocycles. The van der Waals surface area contributed by atoms with Crippen LogP contribution in [0.15, 0.2) is 30.5 Å². The number of aromatic amines is 1. The van der Waals surface area contributed by atoms with Crippen LogP contribution in [0.1, 0.15) is 71.3 Å². The van der Waals surface area contributed by atoms with E-state index in [1.165, 1.54) is 6.42 Å². The molecule has 3 rings (SSSR count). The summed E-state index contributed by atoms with van der Waals surface area (Å²) < 4.78 is 0. The van der Waals surface area contributed by atoms with Gasteiger partial charge in [-0.15, -0.1) is 0 Å². The number of unbranched alkanes of at least 4 members (excludes halogenated alkanes) is 1. The van der Waals surface area contributed by atoms with Crippen LogP contribution in [0, 0.1) is 5.92 Å². The fraction of sp³-hybridized carbons (Fsp3) is 0.576. The Kier molecular flexibility index (Phi) is 16.1. The number of hydrogen-bond donors (Lipinski definition) is 7. The first-order valence-corrected chi connectivity index (χ1v) is 18.9. The van der Waals surface area contributed by atoms with Crippen LogP contribution in [0.4, 0.5) is 0 Å². The van der Waals surface area contributed by atoms with Gasteiger partial charge in [0.1, 0.15) is 18.1 Å². The average Bonchev–Trinajstić information content (AvgIpc) is 3.72. The van der Waals surface area contributed by atoms with Crippen molar-refractivity contribution in [1.82, 2.24) is 31.6 Å². The number of carbonyl (C=O) groups excluding carboxylic acids is 6. The highest BCUT2D eigenvalue weighted by molar-refractivity contribution is 8.77. The number of fused-ring (bicyclic) bond motifs is 1. The fourth-order valence-electron chi connectivity index (χ4n) is 5.38. The van der Waals surface area contributed by atoms with Gasteiger partial charge in [-0.1, -0.05) is 60.1 Å². The Labute approximate surface area is 289 Å². The number of hydrogen-bond acceptors (Lipinski definition) is 8. The van der Waals surface area contributed by atoms with Crippen LogP contribution in [0.25, 0.3) is 10.9 Å². The van der Waals surface area contributed by atoms with Crippen molar-refractivity contribution >= 4 is 67.9 Å². The maximum absolute atomic E-state index is 13.6. The van der Waals surface area contributed by atoms with Gasteiger partial charge in [-0.3, -0.25) is 28.8 Å². The van der Waals surface area contributed by atoms with Crippen molar-refractivity contribution in [3.05, 3.63) is 36.0 Å². The molecule has 0 radical (unpaired) electrons. The highest BCUT2D eigenvalue weighted by atomic mass is 33.1. The fourth-order valence-corrected chi connectivity index (χ4v) is 8.41. The zero-order valence-corrected chi connectivity index (χ0v) is 29.5. The zero-order valence-electron chi connectivity index (χ0n) is 27.9. The summed E-state index contributed by atoms with van der Waals surface area (Å²) in [5.74, 6) is -2.17. The molecule has 0 bridgehead atoms. The van der Waals surface area contributed by atoms with E-state index in [-0.39, 0.29) is 43.4 Å². The molecular formula is C33H49N7O6S2. The van der Waals surface area contributed by atoms with Crippen molar-refractivity contribution in [3.8, 4) is 0 Å². The first kappa shape index (κ1) is 38.7. The second-order valence-corrected chi connectivity index (χ2v) is 15.0. The van der Waals surface area contributed by atoms with Crippen LogP contribution < -0.4 is 32.3 Å². The monoisotopic (exact) mass is 703 g/mol. The number of aromatic nitrogens is 1. The van der Waals surface area contributed by atoms with Crippen LogP contribution in [-0.2, 0) is 35.2 Å². The van der Waals surface area contributed by atoms with Gasteiger partial charge in [0.05, 0.1) is 6.54 Å². The molecule has 4 atom stereocenters. The second-order valence-electron chi connectivity index (χ2n) is 12.2. The van der Waals surface area contributed by atoms with E-state index >= 15 is 0 Å². The number of nitrogens with two attached hydrogens (primary N) is 1. The predicted octanol–water partition coefficient (Wildman–Crippen LogP) is 2.05. The zero-order chi connectivity index (χ0) is 35.1. The predicted molar refractivity (Wildman–Crippen MR) is 190 cm³/mol. The van der Waals surface area contributed by atoms with Gasteiger partial charge in [0.2, 0.25) is 35.4 Å². The minimum atomic E-state index is -1.14. The van der Waals surface area contributed by atoms with Gasteiger partial charge in [0.25, 0.3) is 0 Å². The number of primary amides is 1. The third-order valence-electron chi connectivity index (χ3n) is 8.01. The molecular weight excluding hydrogens is 655 g/mol. The van der Waals surface area contributed by atoms with Crippen LogP contribution in [0.2, 0.25) is 0 Å². The summed E-state index contributed by atoms with van der Waals surface area (Å²) in [6.07, 6.45) is 5.64. The first-order valence-electron chi connectivity index (χ1n) is 16.5. The van der Waals surface area contributed by atoms with Gasteiger partial charge in [-0.05, 0) is 50.2 Å². The molecule has 6 amide bonds. The molecule has 1 saturated heterocycles. The van der Waals surface area contributed by atoms with Gasteiger partial charge in [-0.25, -0.2) is 0 Å². The highest BCUT2D eigenvalue weighted by Crippen LogP contribution is 2.39. The van der Waals surface area contributed by atoms with Crippen LogP contribution in [0.5, 0.6) is 0 Å². The molecule has 48 heavy (non-hydrogen) atoms. The maximum atomic E-state index is 13.6. The number of amides is 6. The van der Waals surface area contributed by atoms with E-state index in [1.807, 2.05) is 45.9 Å². The summed E-state index contributed by atoms with van der Waals surface area (Å²) in [5.41, 5.74) is 6.96. The molecule has 264 valence electrons. The number of H-pyrrole nitrogens is 1. The highest BCUT2D eigenvalue weighted by Gasteiger charge is 2.29. The molecule has 1 fully saturated rings. The minimum absolute atomic E-state index is 0.0386. The van der Waals surface area contributed by atoms with Gasteiger partial charge < -0.3 is 37.3 Å². The number of para-hydroxylation sites is 1. The van der Waals surface area contributed by atoms with Gasteiger partial charge >= 0.3 is 0 Å². The molecule has 1 aliphatic heterocycles. The molecule has 13 nitrogen and oxygen atoms in total. The topological polar surface area (TPSA) is 204 Å². The Morgan fingerprint density at radius 3 is 2.38 bits per heavy atom. The lowest BCUT2D eigenvalue weighted by Crippen LogP contribution is -2.56. The van der Waals surface area contributed by atoms with Crippen LogP contribution in [0.3, 0.4) is 0 Å². The molecule has 2 heterocycles. The normalized spacial score (nSPS) is 16.1. The van der Waals surface area contributed by atoms with E-state index in [2.05, 4.69) is 31.6 Å². The Morgan fingerprint density at radius 1 is 0.917 bits per heavy atom. The summed E-state index contributed by atoms with van der Waals surface area (Å²) in [7, 11) is 3.77. The van der Waals surface area contributed by atoms with Crippen LogP contribution in [-0.4, -0.2) is 82.6 Å². The SMILES string of the molecule is CCNC(=O)C(NC(=O)CNC(=O)C(Cc1c[nH]c2ccccc12)NC(=O)C(CCC(N)=O)NC(=O)CCCCC1CCSS1)C(C)C. The number of nitrogens with one attached hydrogen (secondary N) is 6. The van der Waals surface area contributed by atoms with Crippen molar-refractivity contribution in [2.24, 2.45) is 11.7 Å². The van der Waals surface area contributed by atoms with Crippen molar-refractivity contribution in [1.29, 1.82) is 0 Å². The van der Waals surface area contributed by atoms with Gasteiger partial charge in [0.15, 0.2) is 0 Å². The molecule has 4 unspecified atom stereocenters. The first-order chi connectivity index (χ1) is 23.0. The van der Waals surface area contributed by atoms with E-state index in [1.54, 1.807) is 27.0 Å². The number of rotatable bonds is 20. The van der Waals surface area contributed by atoms with Crippen molar-refractivity contribution in [2.75, 3.05) is 18.8 Å². The number of benzene rings is 1. The van der Waals surface area contributed by atoms with E-state index < -0.39 is 48.3 Å². The van der Waals surface area contributed by atoms with Crippen molar-refractivity contribution in [2.45, 2.75) is 95.5 Å². The van der Waals surface area contributed by atoms with Gasteiger partial charge in [0, 0.05) is 53.9 Å². The Morgan fingerprint density at radius 2 is 1.69 bits per heavy atom. The third-order valence-corrected chi connectivity index (χ3v) is 11.0. The molecule has 2 aromatic rings. The van der Waals surface area contributed by atoms with E-state index in [9.17, 15) is 28.8 Å². The smallest absolute Gasteiger partial charge is 0.243 e. The Balaban J connectivity index is 1.69. The molecule has 0 spiro atoms. The summed E-state index contributed by atoms with van der Waals surface area (Å²) in [6, 6.07) is 4.48. The summed E-state index contributed by atoms with van der Waals surface area (Å²) in [4.78, 5) is 79.9. The maximum Gasteiger partial charge on any atom is 0.243 e. The molecule has 0 saturated carbocycles. The molecule has 0 aliphatic carbocycles. The summed E-state index contributed by atoms with van der Waals surface area (Å²) in [5, 5.41) is 14.9. The quantitative estimate of drug-likeness (QED) is 0.0801. The molecule has 1 aromatic heterocycles. The Hall–Kier alpha value is -3.72. The van der Waals surface area contributed by atoms with Crippen molar-refractivity contribution < 1.29 is 28.8 Å². The summed E-state index contributed by atoms with van der Waals surface area (Å²) >= 11 is 0. The van der Waals surface area contributed by atoms with E-state index in [0.29, 0.717) is 18.2 Å². The molecule has 8 N–H and O–H groups in total. The third kappa shape index (κ3) is 12.7. The number of likely N-dealkylation sites (N-methyl/N-ethyl adjacent to an activating group) is 1. The largest absolute Gasteiger partial charge is 0.370 e. The van der Waals surface area contributed by atoms with Gasteiger partial charge in [-0.2, -0.15) is 0 Å². The lowest BCUT2D eigenvalue weighted by Gasteiger charge is -2.24. The average molecular weight is 704 g/mol. The Bertz CT molecular complexity index is 1410. The van der Waals surface area contributed by atoms with E-state index in [4.69, 9.17) is 5.73 Å². The lowest BCUT2D eigenvalue weighted by molar-refractivity contribution is -0.133. The molecule has 15 heteroatoms. The number of carbonyl (C=O) groups is 6. The van der Waals surface area contributed by atoms with Crippen molar-refractivity contribution in [3.63, 3.8) is 0 Å². The van der Waals surface area contributed by atoms with Crippen LogP contribution >= 0.6 is 21.6 Å². The standard InChI is InChI=1S/C33H49N7O6S2/c1-4-35-33(46)30(20(2)3)40-29(43)19-37-31(44)26(17-21-18-36-24-11-7-6-10-23(21)24)39-32(45)25(13-14-27(34)41)38-28(42)12-8-5-9-22-15-16-47-48-22/h6-7,10-11,18,20,22,25-26,30,36H,4-5,8-9,12-17,19H2,1-3H3,(H2,34,41)(H,35,46)(H,37,44)(H,38,42)(H,39,45)(H,40,43). The second kappa shape index (κ2) is 19.9. The lowest BCUT2D eigenvalue weighted by atomic mass is 10.0. The minimum Gasteiger partial charge on any atom is -0.370 e.